The molecule has 0 saturated heterocycles. The maximum atomic E-state index is 2.31. The molecule has 0 spiro atoms. The van der Waals surface area contributed by atoms with Gasteiger partial charge in [0, 0.05) is 0 Å². The van der Waals surface area contributed by atoms with Crippen LogP contribution in [0.25, 0.3) is 5.57 Å². The van der Waals surface area contributed by atoms with Gasteiger partial charge in [0.25, 0.3) is 0 Å². The highest BCUT2D eigenvalue weighted by molar-refractivity contribution is 6.72. The minimum atomic E-state index is -0.186. The summed E-state index contributed by atoms with van der Waals surface area (Å²) in [4.78, 5) is 0. The van der Waals surface area contributed by atoms with E-state index >= 15 is 0 Å². The fraction of sp³-hybridized carbons (Fsp3) is 0.0417. The molecule has 117 valence electrons. The van der Waals surface area contributed by atoms with Gasteiger partial charge in [-0.05, 0) is 33.0 Å². The van der Waals surface area contributed by atoms with E-state index in [9.17, 15) is 0 Å². The summed E-state index contributed by atoms with van der Waals surface area (Å²) in [7, 11) is 0.702. The predicted molar refractivity (Wildman–Crippen MR) is 107 cm³/mol. The Morgan fingerprint density at radius 2 is 1.24 bits per heavy atom. The van der Waals surface area contributed by atoms with E-state index in [2.05, 4.69) is 103 Å². The Hall–Kier alpha value is -2.77. The number of rotatable bonds is 2. The average molecular weight is 333 g/mol. The lowest BCUT2D eigenvalue weighted by Gasteiger charge is -2.34. The highest BCUT2D eigenvalue weighted by Gasteiger charge is 2.47. The minimum absolute atomic E-state index is 0.186. The van der Waals surface area contributed by atoms with E-state index in [1.54, 1.807) is 0 Å². The molecule has 5 rings (SSSR count). The Labute approximate surface area is 150 Å². The molecule has 1 heterocycles. The zero-order valence-corrected chi connectivity index (χ0v) is 14.8. The Balaban J connectivity index is 1.96. The first kappa shape index (κ1) is 14.6. The van der Waals surface area contributed by atoms with Crippen molar-refractivity contribution in [2.75, 3.05) is 0 Å². The third-order valence-electron chi connectivity index (χ3n) is 5.27. The highest BCUT2D eigenvalue weighted by atomic mass is 28.2. The monoisotopic (exact) mass is 333 g/mol. The summed E-state index contributed by atoms with van der Waals surface area (Å²) in [5, 5.41) is 1.52. The van der Waals surface area contributed by atoms with E-state index in [1.807, 2.05) is 0 Å². The van der Waals surface area contributed by atoms with Gasteiger partial charge in [-0.3, -0.25) is 0 Å². The number of hydrogen-bond acceptors (Lipinski definition) is 0. The topological polar surface area (TPSA) is 0 Å². The first-order valence-electron chi connectivity index (χ1n) is 8.64. The van der Waals surface area contributed by atoms with Crippen LogP contribution in [0.15, 0.2) is 103 Å². The molecule has 1 aliphatic heterocycles. The molecular formula is C24H17Si. The number of fused-ring (bicyclic) bond motifs is 3. The van der Waals surface area contributed by atoms with Crippen LogP contribution in [0.1, 0.15) is 22.3 Å². The normalized spacial score (nSPS) is 16.6. The van der Waals surface area contributed by atoms with E-state index in [0.717, 1.165) is 0 Å². The Bertz CT molecular complexity index is 984. The quantitative estimate of drug-likeness (QED) is 0.590. The second kappa shape index (κ2) is 5.64. The molecule has 3 aromatic rings. The molecule has 0 aromatic heterocycles. The molecule has 0 saturated carbocycles. The van der Waals surface area contributed by atoms with Gasteiger partial charge in [-0.25, -0.2) is 0 Å². The van der Waals surface area contributed by atoms with Crippen molar-refractivity contribution >= 4 is 19.9 Å². The van der Waals surface area contributed by atoms with Crippen molar-refractivity contribution < 1.29 is 0 Å². The van der Waals surface area contributed by atoms with E-state index in [1.165, 1.54) is 33.0 Å². The smallest absolute Gasteiger partial charge is 0.0674 e. The molecule has 1 aliphatic carbocycles. The molecular weight excluding hydrogens is 316 g/mol. The van der Waals surface area contributed by atoms with Crippen LogP contribution in [0, 0.1) is 0 Å². The third-order valence-corrected chi connectivity index (χ3v) is 6.56. The Kier molecular flexibility index (Phi) is 3.29. The first-order valence-corrected chi connectivity index (χ1v) is 9.72. The van der Waals surface area contributed by atoms with Gasteiger partial charge in [0.2, 0.25) is 0 Å². The molecule has 0 amide bonds. The molecule has 0 atom stereocenters. The Morgan fingerprint density at radius 1 is 0.640 bits per heavy atom. The minimum Gasteiger partial charge on any atom is -0.0769 e. The molecule has 1 radical (unpaired) electrons. The van der Waals surface area contributed by atoms with Crippen molar-refractivity contribution in [3.8, 4) is 0 Å². The van der Waals surface area contributed by atoms with Gasteiger partial charge < -0.3 is 0 Å². The molecule has 1 heteroatoms. The van der Waals surface area contributed by atoms with E-state index in [0.29, 0.717) is 9.13 Å². The summed E-state index contributed by atoms with van der Waals surface area (Å²) < 4.78 is 0. The Morgan fingerprint density at radius 3 is 1.92 bits per heavy atom. The average Bonchev–Trinajstić information content (AvgIpc) is 3.01. The second-order valence-corrected chi connectivity index (χ2v) is 7.61. The van der Waals surface area contributed by atoms with Crippen molar-refractivity contribution in [3.05, 3.63) is 125 Å². The largest absolute Gasteiger partial charge is 0.0769 e. The van der Waals surface area contributed by atoms with Crippen LogP contribution in [-0.4, -0.2) is 14.3 Å². The summed E-state index contributed by atoms with van der Waals surface area (Å²) in [5.41, 5.74) is 9.03. The molecule has 0 unspecified atom stereocenters. The standard InChI is InChI=1S/C24H17Si/c1-3-10-18(11-4-1)24(19-12-5-2-6-13-19)22-16-8-7-14-20(22)21-15-9-17-25-23(21)24/h1-17H. The molecule has 25 heavy (non-hydrogen) atoms. The zero-order chi connectivity index (χ0) is 16.7. The summed E-state index contributed by atoms with van der Waals surface area (Å²) >= 11 is 0. The van der Waals surface area contributed by atoms with Gasteiger partial charge in [0.05, 0.1) is 14.5 Å². The second-order valence-electron chi connectivity index (χ2n) is 6.49. The third kappa shape index (κ3) is 1.96. The molecule has 2 aliphatic rings. The SMILES string of the molecule is C1=C[Si]=C2C(=C1)c1ccccc1C2(c1ccccc1)c1ccccc1. The van der Waals surface area contributed by atoms with Crippen LogP contribution in [0.3, 0.4) is 0 Å². The van der Waals surface area contributed by atoms with E-state index in [4.69, 9.17) is 0 Å². The van der Waals surface area contributed by atoms with Crippen molar-refractivity contribution in [1.29, 1.82) is 0 Å². The number of allylic oxidation sites excluding steroid dienone is 3. The lowest BCUT2D eigenvalue weighted by atomic mass is 9.70. The van der Waals surface area contributed by atoms with Crippen molar-refractivity contribution in [2.45, 2.75) is 5.41 Å². The van der Waals surface area contributed by atoms with Gasteiger partial charge >= 0.3 is 0 Å². The van der Waals surface area contributed by atoms with Crippen LogP contribution in [0.2, 0.25) is 0 Å². The van der Waals surface area contributed by atoms with Crippen LogP contribution >= 0.6 is 0 Å². The molecule has 0 N–H and O–H groups in total. The molecule has 3 aromatic carbocycles. The lowest BCUT2D eigenvalue weighted by molar-refractivity contribution is 0.857. The number of benzene rings is 3. The van der Waals surface area contributed by atoms with Crippen molar-refractivity contribution in [3.63, 3.8) is 0 Å². The first-order chi connectivity index (χ1) is 12.4. The van der Waals surface area contributed by atoms with Crippen LogP contribution < -0.4 is 0 Å². The van der Waals surface area contributed by atoms with Gasteiger partial charge in [-0.2, -0.15) is 0 Å². The predicted octanol–water partition coefficient (Wildman–Crippen LogP) is 4.82. The molecule has 0 fully saturated rings. The summed E-state index contributed by atoms with van der Waals surface area (Å²) in [6, 6.07) is 30.9. The van der Waals surface area contributed by atoms with Gasteiger partial charge in [0.15, 0.2) is 0 Å². The van der Waals surface area contributed by atoms with Crippen LogP contribution in [-0.2, 0) is 5.41 Å². The van der Waals surface area contributed by atoms with Crippen molar-refractivity contribution in [1.82, 2.24) is 0 Å². The molecule has 0 bridgehead atoms. The fourth-order valence-electron chi connectivity index (χ4n) is 4.29. The number of hydrogen-bond donors (Lipinski definition) is 0. The van der Waals surface area contributed by atoms with Crippen LogP contribution in [0.5, 0.6) is 0 Å². The maximum absolute atomic E-state index is 2.31. The van der Waals surface area contributed by atoms with Crippen molar-refractivity contribution in [2.24, 2.45) is 0 Å². The lowest BCUT2D eigenvalue weighted by Crippen LogP contribution is -2.36. The van der Waals surface area contributed by atoms with E-state index < -0.39 is 0 Å². The summed E-state index contributed by atoms with van der Waals surface area (Å²) in [6.07, 6.45) is 4.50. The fourth-order valence-corrected chi connectivity index (χ4v) is 5.67. The maximum Gasteiger partial charge on any atom is 0.0674 e. The van der Waals surface area contributed by atoms with Crippen LogP contribution in [0.4, 0.5) is 0 Å². The van der Waals surface area contributed by atoms with Gasteiger partial charge in [-0.1, -0.05) is 103 Å². The molecule has 0 nitrogen and oxygen atoms in total. The zero-order valence-electron chi connectivity index (χ0n) is 13.8. The summed E-state index contributed by atoms with van der Waals surface area (Å²) in [6.45, 7) is 0. The highest BCUT2D eigenvalue weighted by Crippen LogP contribution is 2.51. The van der Waals surface area contributed by atoms with Gasteiger partial charge in [0.1, 0.15) is 0 Å². The van der Waals surface area contributed by atoms with E-state index in [-0.39, 0.29) is 5.41 Å². The van der Waals surface area contributed by atoms with Gasteiger partial charge in [-0.15, -0.1) is 0 Å². The summed E-state index contributed by atoms with van der Waals surface area (Å²) in [5.74, 6) is 0.